The molecule has 0 radical (unpaired) electrons. The maximum Gasteiger partial charge on any atom is 0.211 e. The molecule has 0 saturated carbocycles. The SMILES string of the molecule is O=S(=O)(Cc1ccc(Br)cn1)c1nc(CO)cs1. The number of sulfone groups is 1. The molecule has 0 saturated heterocycles. The first-order valence-corrected chi connectivity index (χ1v) is 8.22. The quantitative estimate of drug-likeness (QED) is 0.910. The number of aliphatic hydroxyl groups is 1. The van der Waals surface area contributed by atoms with Gasteiger partial charge < -0.3 is 5.11 Å². The standard InChI is InChI=1S/C10H9BrN2O3S2/c11-7-1-2-8(12-3-7)6-18(15,16)10-13-9(4-14)5-17-10/h1-3,5,14H,4,6H2. The molecule has 0 aliphatic rings. The predicted octanol–water partition coefficient (Wildman–Crippen LogP) is 1.77. The van der Waals surface area contributed by atoms with E-state index in [9.17, 15) is 8.42 Å². The number of thiazole rings is 1. The Bertz CT molecular complexity index is 637. The number of aliphatic hydroxyl groups excluding tert-OH is 1. The third kappa shape index (κ3) is 3.14. The van der Waals surface area contributed by atoms with E-state index >= 15 is 0 Å². The van der Waals surface area contributed by atoms with Gasteiger partial charge in [-0.1, -0.05) is 0 Å². The number of rotatable bonds is 4. The van der Waals surface area contributed by atoms with Crippen LogP contribution in [-0.2, 0) is 22.2 Å². The lowest BCUT2D eigenvalue weighted by atomic mass is 10.4. The summed E-state index contributed by atoms with van der Waals surface area (Å²) >= 11 is 4.24. The van der Waals surface area contributed by atoms with E-state index in [1.165, 1.54) is 5.38 Å². The highest BCUT2D eigenvalue weighted by Crippen LogP contribution is 2.20. The van der Waals surface area contributed by atoms with Crippen LogP contribution in [0, 0.1) is 0 Å². The van der Waals surface area contributed by atoms with Crippen molar-refractivity contribution in [3.05, 3.63) is 39.6 Å². The van der Waals surface area contributed by atoms with Gasteiger partial charge in [0.15, 0.2) is 0 Å². The average molecular weight is 349 g/mol. The second-order valence-corrected chi connectivity index (χ2v) is 7.43. The Balaban J connectivity index is 2.24. The molecule has 96 valence electrons. The van der Waals surface area contributed by atoms with Crippen LogP contribution >= 0.6 is 27.3 Å². The molecule has 0 bridgehead atoms. The molecule has 18 heavy (non-hydrogen) atoms. The smallest absolute Gasteiger partial charge is 0.211 e. The van der Waals surface area contributed by atoms with Crippen LogP contribution in [0.15, 0.2) is 32.5 Å². The summed E-state index contributed by atoms with van der Waals surface area (Å²) in [5.74, 6) is -0.196. The van der Waals surface area contributed by atoms with Crippen molar-refractivity contribution in [2.24, 2.45) is 0 Å². The van der Waals surface area contributed by atoms with Crippen LogP contribution in [0.3, 0.4) is 0 Å². The molecule has 0 unspecified atom stereocenters. The topological polar surface area (TPSA) is 80.2 Å². The van der Waals surface area contributed by atoms with Crippen LogP contribution in [-0.4, -0.2) is 23.5 Å². The summed E-state index contributed by atoms with van der Waals surface area (Å²) in [5.41, 5.74) is 0.821. The van der Waals surface area contributed by atoms with Gasteiger partial charge in [-0.05, 0) is 28.1 Å². The molecular formula is C10H9BrN2O3S2. The van der Waals surface area contributed by atoms with Gasteiger partial charge in [-0.2, -0.15) is 0 Å². The van der Waals surface area contributed by atoms with E-state index in [0.717, 1.165) is 15.8 Å². The van der Waals surface area contributed by atoms with Gasteiger partial charge in [-0.25, -0.2) is 13.4 Å². The number of hydrogen-bond donors (Lipinski definition) is 1. The van der Waals surface area contributed by atoms with Gasteiger partial charge in [-0.3, -0.25) is 4.98 Å². The third-order valence-corrected chi connectivity index (χ3v) is 5.59. The fraction of sp³-hybridized carbons (Fsp3) is 0.200. The van der Waals surface area contributed by atoms with Crippen molar-refractivity contribution in [1.29, 1.82) is 0 Å². The van der Waals surface area contributed by atoms with Gasteiger partial charge in [0, 0.05) is 16.0 Å². The minimum atomic E-state index is -3.50. The molecule has 1 N–H and O–H groups in total. The number of pyridine rings is 1. The Kier molecular flexibility index (Phi) is 4.10. The van der Waals surface area contributed by atoms with Gasteiger partial charge in [0.2, 0.25) is 14.2 Å². The van der Waals surface area contributed by atoms with E-state index in [1.807, 2.05) is 0 Å². The summed E-state index contributed by atoms with van der Waals surface area (Å²) in [7, 11) is -3.50. The second kappa shape index (κ2) is 5.43. The average Bonchev–Trinajstić information content (AvgIpc) is 2.81. The van der Waals surface area contributed by atoms with Crippen LogP contribution in [0.2, 0.25) is 0 Å². The van der Waals surface area contributed by atoms with Gasteiger partial charge in [0.1, 0.15) is 0 Å². The summed E-state index contributed by atoms with van der Waals surface area (Å²) in [4.78, 5) is 7.88. The Morgan fingerprint density at radius 2 is 2.11 bits per heavy atom. The van der Waals surface area contributed by atoms with Crippen molar-refractivity contribution < 1.29 is 13.5 Å². The van der Waals surface area contributed by atoms with Crippen molar-refractivity contribution in [2.75, 3.05) is 0 Å². The molecule has 8 heteroatoms. The summed E-state index contributed by atoms with van der Waals surface area (Å²) in [6, 6.07) is 3.38. The molecule has 0 aromatic carbocycles. The van der Waals surface area contributed by atoms with E-state index in [-0.39, 0.29) is 16.7 Å². The Hall–Kier alpha value is -0.830. The van der Waals surface area contributed by atoms with Gasteiger partial charge in [0.05, 0.1) is 23.7 Å². The molecule has 0 atom stereocenters. The Morgan fingerprint density at radius 3 is 2.67 bits per heavy atom. The monoisotopic (exact) mass is 348 g/mol. The molecule has 2 rings (SSSR count). The molecule has 5 nitrogen and oxygen atoms in total. The van der Waals surface area contributed by atoms with Crippen LogP contribution in [0.4, 0.5) is 0 Å². The van der Waals surface area contributed by atoms with Crippen molar-refractivity contribution in [3.63, 3.8) is 0 Å². The summed E-state index contributed by atoms with van der Waals surface area (Å²) in [6.45, 7) is -0.261. The first kappa shape index (κ1) is 13.6. The van der Waals surface area contributed by atoms with Crippen molar-refractivity contribution in [2.45, 2.75) is 16.7 Å². The zero-order chi connectivity index (χ0) is 13.2. The van der Waals surface area contributed by atoms with E-state index in [0.29, 0.717) is 11.4 Å². The van der Waals surface area contributed by atoms with Crippen molar-refractivity contribution in [3.8, 4) is 0 Å². The fourth-order valence-electron chi connectivity index (χ4n) is 1.25. The van der Waals surface area contributed by atoms with E-state index in [2.05, 4.69) is 25.9 Å². The highest BCUT2D eigenvalue weighted by atomic mass is 79.9. The number of hydrogen-bond acceptors (Lipinski definition) is 6. The zero-order valence-corrected chi connectivity index (χ0v) is 12.3. The second-order valence-electron chi connectivity index (χ2n) is 3.49. The predicted molar refractivity (Wildman–Crippen MR) is 70.9 cm³/mol. The number of aromatic nitrogens is 2. The number of halogens is 1. The lowest BCUT2D eigenvalue weighted by molar-refractivity contribution is 0.277. The molecule has 0 fully saturated rings. The summed E-state index contributed by atoms with van der Waals surface area (Å²) < 4.78 is 24.9. The summed E-state index contributed by atoms with van der Waals surface area (Å²) in [6.07, 6.45) is 1.55. The molecule has 0 amide bonds. The highest BCUT2D eigenvalue weighted by Gasteiger charge is 2.20. The van der Waals surface area contributed by atoms with Crippen LogP contribution < -0.4 is 0 Å². The van der Waals surface area contributed by atoms with Gasteiger partial charge in [-0.15, -0.1) is 11.3 Å². The molecule has 2 heterocycles. The first-order valence-electron chi connectivity index (χ1n) is 4.90. The van der Waals surface area contributed by atoms with Crippen LogP contribution in [0.5, 0.6) is 0 Å². The highest BCUT2D eigenvalue weighted by molar-refractivity contribution is 9.10. The number of nitrogens with zero attached hydrogens (tertiary/aromatic N) is 2. The molecule has 2 aromatic rings. The van der Waals surface area contributed by atoms with Crippen molar-refractivity contribution >= 4 is 37.1 Å². The summed E-state index contributed by atoms with van der Waals surface area (Å²) in [5, 5.41) is 10.4. The van der Waals surface area contributed by atoms with E-state index in [4.69, 9.17) is 5.11 Å². The molecule has 0 aliphatic carbocycles. The van der Waals surface area contributed by atoms with Crippen LogP contribution in [0.25, 0.3) is 0 Å². The Labute approximate surface area is 117 Å². The molecule has 2 aromatic heterocycles. The lowest BCUT2D eigenvalue weighted by Gasteiger charge is -2.00. The maximum atomic E-state index is 12.0. The molecule has 0 aliphatic heterocycles. The maximum absolute atomic E-state index is 12.0. The largest absolute Gasteiger partial charge is 0.390 e. The van der Waals surface area contributed by atoms with E-state index < -0.39 is 9.84 Å². The molecule has 0 spiro atoms. The Morgan fingerprint density at radius 1 is 1.33 bits per heavy atom. The zero-order valence-electron chi connectivity index (χ0n) is 9.08. The van der Waals surface area contributed by atoms with E-state index in [1.54, 1.807) is 18.3 Å². The van der Waals surface area contributed by atoms with Gasteiger partial charge >= 0.3 is 0 Å². The van der Waals surface area contributed by atoms with Crippen LogP contribution in [0.1, 0.15) is 11.4 Å². The fourth-order valence-corrected chi connectivity index (χ4v) is 3.87. The normalized spacial score (nSPS) is 11.7. The van der Waals surface area contributed by atoms with Gasteiger partial charge in [0.25, 0.3) is 0 Å². The minimum Gasteiger partial charge on any atom is -0.390 e. The first-order chi connectivity index (χ1) is 8.51. The van der Waals surface area contributed by atoms with Crippen molar-refractivity contribution in [1.82, 2.24) is 9.97 Å². The third-order valence-electron chi connectivity index (χ3n) is 2.09. The lowest BCUT2D eigenvalue weighted by Crippen LogP contribution is -2.06. The molecular weight excluding hydrogens is 340 g/mol. The minimum absolute atomic E-state index is 0.0104.